The summed E-state index contributed by atoms with van der Waals surface area (Å²) in [7, 11) is 20.0. The third-order valence-electron chi connectivity index (χ3n) is 0. The molecule has 0 heterocycles. The van der Waals surface area contributed by atoms with Crippen LogP contribution in [0.3, 0.4) is 0 Å². The van der Waals surface area contributed by atoms with Crippen LogP contribution in [0.4, 0.5) is 0 Å². The van der Waals surface area contributed by atoms with Crippen molar-refractivity contribution in [2.24, 2.45) is 0 Å². The molecule has 0 spiro atoms. The average molecular weight is 447 g/mol. The fraction of sp³-hybridized carbons (Fsp3) is 0. The zero-order chi connectivity index (χ0) is 4.50. The van der Waals surface area contributed by atoms with Gasteiger partial charge in [-0.15, -0.1) is 0 Å². The number of hydrogen-bond acceptors (Lipinski definition) is 0. The normalized spacial score (nSPS) is 6.91. The number of halogens is 4. The van der Waals surface area contributed by atoms with Gasteiger partial charge in [0, 0.05) is 0 Å². The zero-order valence-electron chi connectivity index (χ0n) is 4.81. The second-order valence-corrected chi connectivity index (χ2v) is 19.0. The maximum atomic E-state index is 5.00. The van der Waals surface area contributed by atoms with Crippen molar-refractivity contribution in [2.45, 2.75) is 0 Å². The molecule has 0 amide bonds. The molecule has 0 aromatic carbocycles. The summed E-state index contributed by atoms with van der Waals surface area (Å²) in [5.74, 6) is 0. The molecule has 0 aliphatic carbocycles. The number of rotatable bonds is 0. The van der Waals surface area contributed by atoms with E-state index in [2.05, 4.69) is 0 Å². The first kappa shape index (κ1) is 53.7. The van der Waals surface area contributed by atoms with Crippen molar-refractivity contribution < 1.29 is 45.7 Å². The van der Waals surface area contributed by atoms with Gasteiger partial charge in [-0.3, -0.25) is 0 Å². The van der Waals surface area contributed by atoms with Crippen LogP contribution in [0.5, 0.6) is 0 Å². The molecule has 6 nitrogen and oxygen atoms in total. The van der Waals surface area contributed by atoms with Crippen LogP contribution in [-0.2, 0) is 12.8 Å². The van der Waals surface area contributed by atoms with Crippen molar-refractivity contribution in [2.75, 3.05) is 0 Å². The van der Waals surface area contributed by atoms with E-state index in [0.717, 1.165) is 0 Å². The summed E-state index contributed by atoms with van der Waals surface area (Å²) in [6, 6.07) is 0. The molecule has 0 saturated heterocycles. The Bertz CT molecular complexity index is 30.1. The molecule has 0 fully saturated rings. The van der Waals surface area contributed by atoms with Crippen molar-refractivity contribution in [1.82, 2.24) is 0 Å². The molecule has 0 aliphatic rings. The second kappa shape index (κ2) is 22.6. The summed E-state index contributed by atoms with van der Waals surface area (Å²) >= 11 is -3.00. The molecule has 0 bridgehead atoms. The van der Waals surface area contributed by atoms with Gasteiger partial charge in [0.2, 0.25) is 0 Å². The van der Waals surface area contributed by atoms with E-state index in [-0.39, 0.29) is 32.9 Å². The van der Waals surface area contributed by atoms with Crippen molar-refractivity contribution in [3.63, 3.8) is 0 Å². The zero-order valence-corrected chi connectivity index (χ0v) is 10.0. The van der Waals surface area contributed by atoms with Gasteiger partial charge < -0.3 is 32.9 Å². The summed E-state index contributed by atoms with van der Waals surface area (Å²) < 4.78 is 0. The Labute approximate surface area is 82.1 Å². The summed E-state index contributed by atoms with van der Waals surface area (Å²) in [6.45, 7) is 0. The molecule has 0 aromatic rings. The van der Waals surface area contributed by atoms with Crippen LogP contribution in [0, 0.1) is 0 Å². The molecule has 0 aromatic heterocycles. The molecular formula is H12AuCl4O6. The molecule has 0 atom stereocenters. The Balaban J connectivity index is -0.00000000533. The van der Waals surface area contributed by atoms with Crippen LogP contribution in [0.2, 0.25) is 0 Å². The molecule has 0 aliphatic heterocycles. The number of hydrogen-bond donors (Lipinski definition) is 0. The van der Waals surface area contributed by atoms with Gasteiger partial charge in [-0.1, -0.05) is 0 Å². The second-order valence-electron chi connectivity index (χ2n) is 0.258. The Hall–Kier alpha value is 1.66. The fourth-order valence-electron chi connectivity index (χ4n) is 0. The predicted octanol–water partition coefficient (Wildman–Crippen LogP) is -2.19. The van der Waals surface area contributed by atoms with E-state index in [0.29, 0.717) is 0 Å². The van der Waals surface area contributed by atoms with Gasteiger partial charge in [0.15, 0.2) is 0 Å². The van der Waals surface area contributed by atoms with E-state index in [1.807, 2.05) is 0 Å². The Morgan fingerprint density at radius 3 is 0.455 bits per heavy atom. The predicted molar refractivity (Wildman–Crippen MR) is 45.1 cm³/mol. The molecular weight excluding hydrogens is 435 g/mol. The van der Waals surface area contributed by atoms with Crippen LogP contribution in [0.15, 0.2) is 0 Å². The van der Waals surface area contributed by atoms with Crippen LogP contribution in [0.25, 0.3) is 0 Å². The SMILES string of the molecule is O.O.O.O.O.O.[Cl][Au]([Cl])([Cl])[Cl]. The molecule has 0 radical (unpaired) electrons. The van der Waals surface area contributed by atoms with Crippen LogP contribution in [0.1, 0.15) is 0 Å². The van der Waals surface area contributed by atoms with Gasteiger partial charge in [-0.05, 0) is 0 Å². The molecule has 0 rings (SSSR count). The monoisotopic (exact) mass is 445 g/mol. The summed E-state index contributed by atoms with van der Waals surface area (Å²) in [5, 5.41) is 0. The first-order valence-corrected chi connectivity index (χ1v) is 11.2. The standard InChI is InChI=1S/Au.4ClH.6H2O/h;4*1H;6*1H2/q+4;;;;;;;;;;/p-4. The van der Waals surface area contributed by atoms with Gasteiger partial charge in [-0.25, -0.2) is 0 Å². The van der Waals surface area contributed by atoms with Crippen molar-refractivity contribution in [3.8, 4) is 0 Å². The van der Waals surface area contributed by atoms with Crippen LogP contribution in [-0.4, -0.2) is 32.9 Å². The van der Waals surface area contributed by atoms with Crippen LogP contribution >= 0.6 is 36.8 Å². The quantitative estimate of drug-likeness (QED) is 0.365. The van der Waals surface area contributed by atoms with Crippen molar-refractivity contribution in [1.29, 1.82) is 0 Å². The van der Waals surface area contributed by atoms with E-state index >= 15 is 0 Å². The minimum absolute atomic E-state index is 0. The molecule has 0 saturated carbocycles. The van der Waals surface area contributed by atoms with Gasteiger partial charge >= 0.3 is 49.6 Å². The molecule has 11 heteroatoms. The third kappa shape index (κ3) is 395. The van der Waals surface area contributed by atoms with Crippen LogP contribution < -0.4 is 0 Å². The van der Waals surface area contributed by atoms with E-state index in [9.17, 15) is 0 Å². The first-order valence-electron chi connectivity index (χ1n) is 0.456. The maximum absolute atomic E-state index is 5.00. The first-order chi connectivity index (χ1) is 2.00. The summed E-state index contributed by atoms with van der Waals surface area (Å²) in [5.41, 5.74) is 0. The molecule has 0 unspecified atom stereocenters. The Kier molecular flexibility index (Phi) is 110. The average Bonchev–Trinajstić information content (AvgIpc) is 0.722. The van der Waals surface area contributed by atoms with Gasteiger partial charge in [0.25, 0.3) is 0 Å². The summed E-state index contributed by atoms with van der Waals surface area (Å²) in [6.07, 6.45) is 0. The van der Waals surface area contributed by atoms with Crippen molar-refractivity contribution in [3.05, 3.63) is 0 Å². The Morgan fingerprint density at radius 1 is 0.455 bits per heavy atom. The molecule has 12 N–H and O–H groups in total. The third-order valence-corrected chi connectivity index (χ3v) is 0. The van der Waals surface area contributed by atoms with Crippen molar-refractivity contribution >= 4 is 36.8 Å². The molecule has 11 heavy (non-hydrogen) atoms. The van der Waals surface area contributed by atoms with E-state index in [1.54, 1.807) is 0 Å². The van der Waals surface area contributed by atoms with E-state index < -0.39 is 12.8 Å². The molecule has 87 valence electrons. The topological polar surface area (TPSA) is 189 Å². The van der Waals surface area contributed by atoms with Gasteiger partial charge in [0.1, 0.15) is 0 Å². The fourth-order valence-corrected chi connectivity index (χ4v) is 0. The van der Waals surface area contributed by atoms with Gasteiger partial charge in [0.05, 0.1) is 0 Å². The van der Waals surface area contributed by atoms with E-state index in [1.165, 1.54) is 0 Å². The minimum atomic E-state index is -3.00. The summed E-state index contributed by atoms with van der Waals surface area (Å²) in [4.78, 5) is 0. The van der Waals surface area contributed by atoms with E-state index in [4.69, 9.17) is 36.8 Å². The van der Waals surface area contributed by atoms with Gasteiger partial charge in [-0.2, -0.15) is 0 Å². The Morgan fingerprint density at radius 2 is 0.455 bits per heavy atom.